The Morgan fingerprint density at radius 3 is 2.18 bits per heavy atom. The summed E-state index contributed by atoms with van der Waals surface area (Å²) in [6.45, 7) is 11.9. The fraction of sp³-hybridized carbons (Fsp3) is 0.328. The van der Waals surface area contributed by atoms with Gasteiger partial charge in [-0.15, -0.1) is 0 Å². The average molecular weight is 1050 g/mol. The van der Waals surface area contributed by atoms with Gasteiger partial charge in [-0.25, -0.2) is 9.59 Å². The van der Waals surface area contributed by atoms with Crippen molar-refractivity contribution in [3.8, 4) is 16.9 Å². The van der Waals surface area contributed by atoms with Gasteiger partial charge in [0.05, 0.1) is 19.3 Å². The summed E-state index contributed by atoms with van der Waals surface area (Å²) in [5.74, 6) is -0.882. The van der Waals surface area contributed by atoms with Crippen molar-refractivity contribution in [1.82, 2.24) is 9.79 Å². The highest BCUT2D eigenvalue weighted by atomic mass is 19.2. The number of rotatable bonds is 15. The Labute approximate surface area is 457 Å². The third-order valence-corrected chi connectivity index (χ3v) is 16.0. The van der Waals surface area contributed by atoms with E-state index in [1.165, 1.54) is 66.9 Å². The molecule has 1 aliphatic heterocycles. The van der Waals surface area contributed by atoms with Crippen molar-refractivity contribution in [3.63, 3.8) is 0 Å². The minimum absolute atomic E-state index is 0.169. The molecule has 2 heterocycles. The van der Waals surface area contributed by atoms with Crippen molar-refractivity contribution in [1.29, 1.82) is 0 Å². The molecule has 0 spiro atoms. The number of hydrogen-bond acceptors (Lipinski definition) is 7. The van der Waals surface area contributed by atoms with E-state index in [0.717, 1.165) is 118 Å². The lowest BCUT2D eigenvalue weighted by Gasteiger charge is -2.24. The Morgan fingerprint density at radius 2 is 1.41 bits per heavy atom. The summed E-state index contributed by atoms with van der Waals surface area (Å²) in [6, 6.07) is 29.2. The smallest absolute Gasteiger partial charge is 0.463 e. The Balaban J connectivity index is 0.00000340. The maximum Gasteiger partial charge on any atom is 0.678 e. The van der Waals surface area contributed by atoms with Crippen molar-refractivity contribution in [2.45, 2.75) is 131 Å². The molecule has 1 aromatic heterocycles. The molecule has 11 heteroatoms. The Kier molecular flexibility index (Phi) is 16.3. The molecular weight excluding hydrogens is 978 g/mol. The predicted molar refractivity (Wildman–Crippen MR) is 313 cm³/mol. The number of esters is 3. The minimum atomic E-state index is -2.93. The molecule has 3 aliphatic carbocycles. The van der Waals surface area contributed by atoms with Crippen LogP contribution in [0.15, 0.2) is 120 Å². The summed E-state index contributed by atoms with van der Waals surface area (Å²) < 4.78 is 49.8. The van der Waals surface area contributed by atoms with Crippen LogP contribution in [0.2, 0.25) is 0 Å². The second-order valence-corrected chi connectivity index (χ2v) is 20.7. The van der Waals surface area contributed by atoms with Crippen LogP contribution in [0, 0.1) is 13.8 Å². The van der Waals surface area contributed by atoms with Crippen molar-refractivity contribution in [2.75, 3.05) is 13.2 Å². The van der Waals surface area contributed by atoms with Crippen LogP contribution in [0.1, 0.15) is 136 Å². The van der Waals surface area contributed by atoms with E-state index < -0.39 is 19.3 Å². The number of hydrogen-bond donors (Lipinski definition) is 1. The van der Waals surface area contributed by atoms with E-state index >= 15 is 8.63 Å². The first kappa shape index (κ1) is 53.9. The van der Waals surface area contributed by atoms with Gasteiger partial charge in [-0.3, -0.25) is 13.4 Å². The van der Waals surface area contributed by atoms with Gasteiger partial charge in [0.2, 0.25) is 0 Å². The molecule has 0 bridgehead atoms. The molecule has 1 N–H and O–H groups in total. The Morgan fingerprint density at radius 1 is 0.731 bits per heavy atom. The van der Waals surface area contributed by atoms with Crippen LogP contribution in [0.25, 0.3) is 61.2 Å². The van der Waals surface area contributed by atoms with Gasteiger partial charge in [-0.2, -0.15) is 0 Å². The summed E-state index contributed by atoms with van der Waals surface area (Å²) in [7, 11) is -2.93. The largest absolute Gasteiger partial charge is 0.678 e. The van der Waals surface area contributed by atoms with Crippen LogP contribution in [-0.2, 0) is 49.5 Å². The van der Waals surface area contributed by atoms with Crippen LogP contribution in [-0.4, -0.2) is 49.0 Å². The molecule has 0 radical (unpaired) electrons. The second kappa shape index (κ2) is 23.6. The second-order valence-electron chi connectivity index (χ2n) is 20.7. The molecule has 8 nitrogen and oxygen atoms in total. The predicted octanol–water partition coefficient (Wildman–Crippen LogP) is 14.6. The number of benzene rings is 6. The van der Waals surface area contributed by atoms with Gasteiger partial charge in [0.1, 0.15) is 5.75 Å². The summed E-state index contributed by atoms with van der Waals surface area (Å²) >= 11 is 0. The van der Waals surface area contributed by atoms with Gasteiger partial charge in [0, 0.05) is 41.2 Å². The molecule has 400 valence electrons. The summed E-state index contributed by atoms with van der Waals surface area (Å²) in [6.07, 6.45) is 18.5. The van der Waals surface area contributed by atoms with Crippen LogP contribution < -0.4 is 15.3 Å². The lowest BCUT2D eigenvalue weighted by molar-refractivity contribution is -0.138. The van der Waals surface area contributed by atoms with E-state index in [9.17, 15) is 14.4 Å². The van der Waals surface area contributed by atoms with Gasteiger partial charge in [0.25, 0.3) is 0 Å². The molecule has 0 fully saturated rings. The number of allylic oxidation sites excluding steroid dienone is 1. The quantitative estimate of drug-likeness (QED) is 0.0273. The van der Waals surface area contributed by atoms with Crippen LogP contribution in [0.3, 0.4) is 0 Å². The molecule has 6 aromatic carbocycles. The van der Waals surface area contributed by atoms with Gasteiger partial charge < -0.3 is 24.0 Å². The number of nitrogens with one attached hydrogen (secondary N) is 1. The zero-order valence-electron chi connectivity index (χ0n) is 45.9. The minimum Gasteiger partial charge on any atom is -0.463 e. The molecule has 1 atom stereocenters. The lowest BCUT2D eigenvalue weighted by atomic mass is 9.82. The standard InChI is InChI=1S/C65H63BF2N2O6.C2H6/c1-5-74-57(71)34-32-55-47-21-7-9-23-53(47)64(69-55)63(65-54-24-10-8-22-48(54)56(70(65)66(67)68)33-35-58(72)75-6-2)60-39(3)36-44(37-40(60)4)43-19-11-20-45(38-43)76-59(73)29-14-16-41-30-31-52-50-27-13-18-42-17-12-26-49(61(42)50)51-28-15-25-46(41)62(51)52;1-2/h11,13,15,18-20,25-28,30-38,55,69H,5-10,12,14,16-17,21-24,29H2,1-4H3;1-2H3/b34-32+,35-33+,64-63-;. The zero-order chi connectivity index (χ0) is 54.6. The fourth-order valence-electron chi connectivity index (χ4n) is 12.9. The van der Waals surface area contributed by atoms with Crippen LogP contribution in [0.4, 0.5) is 8.63 Å². The zero-order valence-corrected chi connectivity index (χ0v) is 45.9. The van der Waals surface area contributed by atoms with Crippen molar-refractivity contribution < 1.29 is 37.2 Å². The Bertz CT molecular complexity index is 3670. The normalized spacial score (nSPS) is 16.4. The first-order valence-electron chi connectivity index (χ1n) is 28.3. The van der Waals surface area contributed by atoms with Crippen molar-refractivity contribution >= 4 is 75.4 Å². The summed E-state index contributed by atoms with van der Waals surface area (Å²) in [4.78, 5) is 38.9. The highest BCUT2D eigenvalue weighted by Gasteiger charge is 2.38. The SMILES string of the molecule is CC.CCOC(=O)/C=C/c1c2c(c(/C(=C3\NC(/C=C/C(=O)OCC)C4=C3CCCC4)c3c(C)cc(-c4cccc(OC(=O)CCCc5ccc6c7cccc8c7c(c7cccc5c76)=CCC8)c4)cc3C)n1B(F)F)CCCC2. The molecule has 0 saturated carbocycles. The molecule has 78 heavy (non-hydrogen) atoms. The third-order valence-electron chi connectivity index (χ3n) is 16.0. The highest BCUT2D eigenvalue weighted by Crippen LogP contribution is 2.47. The molecule has 7 aromatic rings. The van der Waals surface area contributed by atoms with Crippen LogP contribution in [0.5, 0.6) is 5.75 Å². The van der Waals surface area contributed by atoms with E-state index in [-0.39, 0.29) is 31.6 Å². The average Bonchev–Trinajstić information content (AvgIpc) is 4.08. The molecule has 0 saturated heterocycles. The first-order valence-corrected chi connectivity index (χ1v) is 28.3. The van der Waals surface area contributed by atoms with Crippen LogP contribution >= 0.6 is 0 Å². The molecule has 4 aliphatic rings. The number of aromatic nitrogens is 1. The molecule has 1 unspecified atom stereocenters. The number of halogens is 2. The van der Waals surface area contributed by atoms with E-state index in [2.05, 4.69) is 72.1 Å². The number of nitrogens with zero attached hydrogens (tertiary/aromatic N) is 1. The Hall–Kier alpha value is -7.53. The van der Waals surface area contributed by atoms with Gasteiger partial charge in [-0.05, 0) is 222 Å². The number of fused-ring (bicyclic) bond motifs is 3. The topological polar surface area (TPSA) is 95.9 Å². The first-order chi connectivity index (χ1) is 38.0. The van der Waals surface area contributed by atoms with Gasteiger partial charge in [-0.1, -0.05) is 98.8 Å². The van der Waals surface area contributed by atoms with E-state index in [4.69, 9.17) is 14.2 Å². The van der Waals surface area contributed by atoms with Crippen molar-refractivity contribution in [2.24, 2.45) is 0 Å². The number of ether oxygens (including phenoxy) is 3. The van der Waals surface area contributed by atoms with Gasteiger partial charge >= 0.3 is 25.3 Å². The number of carbonyl (C=O) groups is 3. The number of carbonyl (C=O) groups excluding carboxylic acids is 3. The van der Waals surface area contributed by atoms with E-state index in [1.54, 1.807) is 19.9 Å². The highest BCUT2D eigenvalue weighted by molar-refractivity contribution is 6.42. The fourth-order valence-corrected chi connectivity index (χ4v) is 12.9. The molecule has 0 amide bonds. The van der Waals surface area contributed by atoms with Crippen molar-refractivity contribution in [3.05, 3.63) is 176 Å². The summed E-state index contributed by atoms with van der Waals surface area (Å²) in [5.41, 5.74) is 13.1. The van der Waals surface area contributed by atoms with E-state index in [0.29, 0.717) is 42.0 Å². The molecule has 11 rings (SSSR count). The summed E-state index contributed by atoms with van der Waals surface area (Å²) in [5, 5.41) is 12.9. The molecular formula is C67H69BF2N2O6. The van der Waals surface area contributed by atoms with Gasteiger partial charge in [0.15, 0.2) is 0 Å². The lowest BCUT2D eigenvalue weighted by Crippen LogP contribution is -2.25. The maximum atomic E-state index is 16.1. The monoisotopic (exact) mass is 1050 g/mol. The van der Waals surface area contributed by atoms with E-state index in [1.807, 2.05) is 52.0 Å². The third kappa shape index (κ3) is 10.4. The maximum absolute atomic E-state index is 16.1. The number of aryl methyl sites for hydroxylation is 4.